The van der Waals surface area contributed by atoms with E-state index in [-0.39, 0.29) is 11.5 Å². The minimum atomic E-state index is 0.184. The number of aromatic nitrogens is 1. The van der Waals surface area contributed by atoms with Crippen LogP contribution in [0.3, 0.4) is 0 Å². The van der Waals surface area contributed by atoms with E-state index in [1.165, 1.54) is 0 Å². The summed E-state index contributed by atoms with van der Waals surface area (Å²) >= 11 is 6.11. The van der Waals surface area contributed by atoms with Crippen molar-refractivity contribution >= 4 is 28.8 Å². The van der Waals surface area contributed by atoms with Crippen LogP contribution in [0.2, 0.25) is 5.02 Å². The van der Waals surface area contributed by atoms with Gasteiger partial charge in [-0.2, -0.15) is 0 Å². The Kier molecular flexibility index (Phi) is 4.48. The molecule has 3 rings (SSSR count). The maximum Gasteiger partial charge on any atom is 0.199 e. The summed E-state index contributed by atoms with van der Waals surface area (Å²) in [7, 11) is 0. The first-order valence-corrected chi connectivity index (χ1v) is 8.41. The zero-order valence-corrected chi connectivity index (χ0v) is 15.4. The summed E-state index contributed by atoms with van der Waals surface area (Å²) in [4.78, 5) is 4.43. The SMILES string of the molecule is Cc1cc2oc(C/C=C/c3c(C)c(O)c(C)c(C)c3O)nc2cc1Cl. The second-order valence-electron chi connectivity index (χ2n) is 6.27. The predicted octanol–water partition coefficient (Wildman–Crippen LogP) is 5.38. The predicted molar refractivity (Wildman–Crippen MR) is 100 cm³/mol. The molecule has 1 heterocycles. The van der Waals surface area contributed by atoms with E-state index in [0.29, 0.717) is 45.2 Å². The number of allylic oxidation sites excluding steroid dienone is 1. The van der Waals surface area contributed by atoms with E-state index in [9.17, 15) is 10.2 Å². The number of oxazole rings is 1. The van der Waals surface area contributed by atoms with Crippen LogP contribution in [0, 0.1) is 27.7 Å². The highest BCUT2D eigenvalue weighted by Crippen LogP contribution is 2.37. The highest BCUT2D eigenvalue weighted by molar-refractivity contribution is 6.32. The number of rotatable bonds is 3. The second kappa shape index (κ2) is 6.45. The molecule has 0 aliphatic heterocycles. The third-order valence-corrected chi connectivity index (χ3v) is 4.98. The van der Waals surface area contributed by atoms with Crippen molar-refractivity contribution in [1.82, 2.24) is 4.98 Å². The maximum absolute atomic E-state index is 10.3. The summed E-state index contributed by atoms with van der Waals surface area (Å²) in [6, 6.07) is 3.66. The molecular weight excluding hydrogens is 338 g/mol. The van der Waals surface area contributed by atoms with E-state index in [4.69, 9.17) is 16.0 Å². The molecule has 130 valence electrons. The van der Waals surface area contributed by atoms with Crippen molar-refractivity contribution in [1.29, 1.82) is 0 Å². The van der Waals surface area contributed by atoms with Gasteiger partial charge < -0.3 is 14.6 Å². The molecule has 0 saturated carbocycles. The summed E-state index contributed by atoms with van der Waals surface area (Å²) in [5.74, 6) is 0.962. The normalized spacial score (nSPS) is 11.7. The molecule has 0 amide bonds. The highest BCUT2D eigenvalue weighted by Gasteiger charge is 2.14. The van der Waals surface area contributed by atoms with E-state index < -0.39 is 0 Å². The highest BCUT2D eigenvalue weighted by atomic mass is 35.5. The molecule has 0 atom stereocenters. The van der Waals surface area contributed by atoms with E-state index in [1.54, 1.807) is 32.9 Å². The Bertz CT molecular complexity index is 934. The lowest BCUT2D eigenvalue weighted by Crippen LogP contribution is -1.92. The molecule has 5 heteroatoms. The van der Waals surface area contributed by atoms with Crippen molar-refractivity contribution in [2.45, 2.75) is 34.1 Å². The number of halogens is 1. The lowest BCUT2D eigenvalue weighted by atomic mass is 9.97. The Morgan fingerprint density at radius 2 is 1.72 bits per heavy atom. The lowest BCUT2D eigenvalue weighted by Gasteiger charge is -2.13. The topological polar surface area (TPSA) is 66.5 Å². The number of hydrogen-bond donors (Lipinski definition) is 2. The molecule has 2 N–H and O–H groups in total. The van der Waals surface area contributed by atoms with Crippen LogP contribution in [0.5, 0.6) is 11.5 Å². The molecule has 0 radical (unpaired) electrons. The van der Waals surface area contributed by atoms with Crippen LogP contribution >= 0.6 is 11.6 Å². The number of aromatic hydroxyl groups is 2. The Balaban J connectivity index is 1.89. The Morgan fingerprint density at radius 3 is 2.44 bits per heavy atom. The molecule has 0 aliphatic carbocycles. The minimum Gasteiger partial charge on any atom is -0.507 e. The van der Waals surface area contributed by atoms with Gasteiger partial charge in [-0.1, -0.05) is 23.8 Å². The fourth-order valence-corrected chi connectivity index (χ4v) is 2.97. The van der Waals surface area contributed by atoms with Crippen LogP contribution in [0.1, 0.15) is 33.7 Å². The average Bonchev–Trinajstić information content (AvgIpc) is 2.96. The molecule has 1 aromatic heterocycles. The summed E-state index contributed by atoms with van der Waals surface area (Å²) < 4.78 is 5.74. The molecule has 0 spiro atoms. The van der Waals surface area contributed by atoms with Gasteiger partial charge in [0.1, 0.15) is 17.0 Å². The molecule has 25 heavy (non-hydrogen) atoms. The van der Waals surface area contributed by atoms with Gasteiger partial charge in [0, 0.05) is 22.6 Å². The van der Waals surface area contributed by atoms with Gasteiger partial charge in [-0.3, -0.25) is 0 Å². The average molecular weight is 358 g/mol. The van der Waals surface area contributed by atoms with E-state index in [0.717, 1.165) is 11.1 Å². The van der Waals surface area contributed by atoms with Gasteiger partial charge >= 0.3 is 0 Å². The Labute approximate surface area is 151 Å². The van der Waals surface area contributed by atoms with Crippen LogP contribution < -0.4 is 0 Å². The fraction of sp³-hybridized carbons (Fsp3) is 0.250. The molecule has 0 unspecified atom stereocenters. The van der Waals surface area contributed by atoms with Gasteiger partial charge in [0.25, 0.3) is 0 Å². The Hall–Kier alpha value is -2.46. The van der Waals surface area contributed by atoms with E-state index >= 15 is 0 Å². The van der Waals surface area contributed by atoms with Gasteiger partial charge in [-0.05, 0) is 56.5 Å². The number of hydrogen-bond acceptors (Lipinski definition) is 4. The molecule has 0 aliphatic rings. The number of fused-ring (bicyclic) bond motifs is 1. The van der Waals surface area contributed by atoms with Crippen molar-refractivity contribution < 1.29 is 14.6 Å². The van der Waals surface area contributed by atoms with Crippen molar-refractivity contribution in [3.63, 3.8) is 0 Å². The van der Waals surface area contributed by atoms with E-state index in [2.05, 4.69) is 4.98 Å². The third-order valence-electron chi connectivity index (χ3n) is 4.58. The first-order valence-electron chi connectivity index (χ1n) is 8.03. The summed E-state index contributed by atoms with van der Waals surface area (Å²) in [5.41, 5.74) is 4.99. The van der Waals surface area contributed by atoms with E-state index in [1.807, 2.05) is 19.1 Å². The number of phenolic OH excluding ortho intramolecular Hbond substituents is 2. The fourth-order valence-electron chi connectivity index (χ4n) is 2.81. The standard InChI is InChI=1S/C20H20ClNO3/c1-10-8-17-16(9-15(10)21)22-18(25-17)7-5-6-14-13(4)19(23)11(2)12(3)20(14)24/h5-6,8-9,23-24H,7H2,1-4H3/b6-5+. The van der Waals surface area contributed by atoms with Crippen molar-refractivity contribution in [3.05, 3.63) is 56.9 Å². The van der Waals surface area contributed by atoms with Crippen molar-refractivity contribution in [2.75, 3.05) is 0 Å². The zero-order valence-electron chi connectivity index (χ0n) is 14.6. The van der Waals surface area contributed by atoms with Crippen molar-refractivity contribution in [3.8, 4) is 11.5 Å². The summed E-state index contributed by atoms with van der Waals surface area (Å²) in [6.07, 6.45) is 4.11. The number of nitrogens with zero attached hydrogens (tertiary/aromatic N) is 1. The first-order chi connectivity index (χ1) is 11.8. The van der Waals surface area contributed by atoms with Crippen LogP contribution in [0.25, 0.3) is 17.2 Å². The monoisotopic (exact) mass is 357 g/mol. The molecule has 0 saturated heterocycles. The first kappa shape index (κ1) is 17.4. The van der Waals surface area contributed by atoms with Crippen LogP contribution in [-0.4, -0.2) is 15.2 Å². The molecule has 0 fully saturated rings. The molecule has 4 nitrogen and oxygen atoms in total. The number of benzene rings is 2. The lowest BCUT2D eigenvalue weighted by molar-refractivity contribution is 0.448. The summed E-state index contributed by atoms with van der Waals surface area (Å²) in [6.45, 7) is 7.28. The van der Waals surface area contributed by atoms with Crippen LogP contribution in [0.4, 0.5) is 0 Å². The molecule has 0 bridgehead atoms. The molecule has 3 aromatic rings. The van der Waals surface area contributed by atoms with Gasteiger partial charge in [-0.15, -0.1) is 0 Å². The molecule has 2 aromatic carbocycles. The second-order valence-corrected chi connectivity index (χ2v) is 6.68. The van der Waals surface area contributed by atoms with Gasteiger partial charge in [0.2, 0.25) is 0 Å². The Morgan fingerprint density at radius 1 is 1.04 bits per heavy atom. The zero-order chi connectivity index (χ0) is 18.3. The van der Waals surface area contributed by atoms with Gasteiger partial charge in [-0.25, -0.2) is 4.98 Å². The quantitative estimate of drug-likeness (QED) is 0.617. The van der Waals surface area contributed by atoms with Crippen LogP contribution in [0.15, 0.2) is 22.6 Å². The largest absolute Gasteiger partial charge is 0.507 e. The summed E-state index contributed by atoms with van der Waals surface area (Å²) in [5, 5.41) is 21.2. The van der Waals surface area contributed by atoms with Gasteiger partial charge in [0.05, 0.1) is 0 Å². The molecular formula is C20H20ClNO3. The number of phenols is 2. The third kappa shape index (κ3) is 3.10. The minimum absolute atomic E-state index is 0.184. The maximum atomic E-state index is 10.3. The van der Waals surface area contributed by atoms with Crippen molar-refractivity contribution in [2.24, 2.45) is 0 Å². The van der Waals surface area contributed by atoms with Crippen LogP contribution in [-0.2, 0) is 6.42 Å². The smallest absolute Gasteiger partial charge is 0.199 e. The van der Waals surface area contributed by atoms with Gasteiger partial charge in [0.15, 0.2) is 11.5 Å². The number of aryl methyl sites for hydroxylation is 1.